The van der Waals surface area contributed by atoms with Crippen molar-refractivity contribution in [3.05, 3.63) is 93.4 Å². The van der Waals surface area contributed by atoms with E-state index < -0.39 is 5.97 Å². The predicted octanol–water partition coefficient (Wildman–Crippen LogP) is 6.44. The fourth-order valence-electron chi connectivity index (χ4n) is 3.75. The van der Waals surface area contributed by atoms with Crippen molar-refractivity contribution in [2.24, 2.45) is 10.2 Å². The number of aromatic hydroxyl groups is 1. The maximum atomic E-state index is 13.0. The topological polar surface area (TPSA) is 109 Å². The van der Waals surface area contributed by atoms with Gasteiger partial charge in [-0.2, -0.15) is 0 Å². The first-order chi connectivity index (χ1) is 17.2. The molecule has 1 aromatic heterocycles. The number of nitrogens with zero attached hydrogens (tertiary/aromatic N) is 3. The molecule has 36 heavy (non-hydrogen) atoms. The van der Waals surface area contributed by atoms with Gasteiger partial charge in [0.15, 0.2) is 11.4 Å². The Labute approximate surface area is 208 Å². The predicted molar refractivity (Wildman–Crippen MR) is 139 cm³/mol. The molecule has 0 fully saturated rings. The quantitative estimate of drug-likeness (QED) is 0.242. The minimum Gasteiger partial charge on any atom is -0.505 e. The summed E-state index contributed by atoms with van der Waals surface area (Å²) in [6, 6.07) is 17.6. The van der Waals surface area contributed by atoms with Crippen LogP contribution in [0.2, 0.25) is 0 Å². The number of phenols is 1. The number of carbonyl (C=O) groups is 1. The van der Waals surface area contributed by atoms with Crippen LogP contribution in [0.5, 0.6) is 5.75 Å². The van der Waals surface area contributed by atoms with Crippen molar-refractivity contribution < 1.29 is 14.6 Å². The van der Waals surface area contributed by atoms with Crippen LogP contribution < -0.4 is 5.56 Å². The maximum Gasteiger partial charge on any atom is 0.338 e. The van der Waals surface area contributed by atoms with Crippen molar-refractivity contribution in [3.8, 4) is 22.6 Å². The van der Waals surface area contributed by atoms with Gasteiger partial charge in [-0.05, 0) is 81.6 Å². The average molecular weight is 485 g/mol. The molecule has 4 aromatic rings. The molecule has 0 atom stereocenters. The molecule has 2 N–H and O–H groups in total. The molecular formula is C28H28N4O4. The minimum absolute atomic E-state index is 0.113. The summed E-state index contributed by atoms with van der Waals surface area (Å²) in [7, 11) is 0. The lowest BCUT2D eigenvalue weighted by Gasteiger charge is -2.10. The number of ether oxygens (including phenoxy) is 1. The van der Waals surface area contributed by atoms with Crippen LogP contribution in [0.3, 0.4) is 0 Å². The van der Waals surface area contributed by atoms with Crippen molar-refractivity contribution in [2.45, 2.75) is 40.7 Å². The van der Waals surface area contributed by atoms with Gasteiger partial charge in [0, 0.05) is 5.56 Å². The second-order valence-electron chi connectivity index (χ2n) is 8.90. The number of H-pyrrole nitrogens is 1. The molecular weight excluding hydrogens is 456 g/mol. The van der Waals surface area contributed by atoms with Gasteiger partial charge in [-0.15, -0.1) is 10.2 Å². The van der Waals surface area contributed by atoms with Gasteiger partial charge in [-0.3, -0.25) is 9.89 Å². The molecule has 0 spiro atoms. The molecule has 0 saturated carbocycles. The summed E-state index contributed by atoms with van der Waals surface area (Å²) in [5.41, 5.74) is 4.93. The highest BCUT2D eigenvalue weighted by Crippen LogP contribution is 2.38. The van der Waals surface area contributed by atoms with Crippen LogP contribution in [-0.2, 0) is 4.74 Å². The number of para-hydroxylation sites is 1. The first-order valence-electron chi connectivity index (χ1n) is 11.6. The molecule has 0 radical (unpaired) electrons. The summed E-state index contributed by atoms with van der Waals surface area (Å²) in [5.74, 6) is -0.552. The zero-order chi connectivity index (χ0) is 26.0. The van der Waals surface area contributed by atoms with E-state index in [2.05, 4.69) is 15.3 Å². The van der Waals surface area contributed by atoms with E-state index in [1.807, 2.05) is 32.0 Å². The molecule has 0 aliphatic rings. The third-order valence-electron chi connectivity index (χ3n) is 5.81. The summed E-state index contributed by atoms with van der Waals surface area (Å²) in [6.07, 6.45) is -0.241. The number of phenolic OH excluding ortho intramolecular Hbond substituents is 1. The van der Waals surface area contributed by atoms with E-state index in [0.29, 0.717) is 28.1 Å². The van der Waals surface area contributed by atoms with Gasteiger partial charge >= 0.3 is 5.97 Å². The van der Waals surface area contributed by atoms with Gasteiger partial charge in [-0.1, -0.05) is 30.3 Å². The molecule has 1 heterocycles. The van der Waals surface area contributed by atoms with Crippen LogP contribution >= 0.6 is 0 Å². The molecule has 0 aliphatic carbocycles. The third kappa shape index (κ3) is 4.98. The van der Waals surface area contributed by atoms with Gasteiger partial charge in [0.2, 0.25) is 0 Å². The van der Waals surface area contributed by atoms with Crippen molar-refractivity contribution in [1.29, 1.82) is 0 Å². The summed E-state index contributed by atoms with van der Waals surface area (Å²) < 4.78 is 6.69. The highest BCUT2D eigenvalue weighted by atomic mass is 16.5. The van der Waals surface area contributed by atoms with E-state index in [9.17, 15) is 14.7 Å². The number of benzene rings is 3. The van der Waals surface area contributed by atoms with Crippen LogP contribution in [0.25, 0.3) is 16.8 Å². The maximum absolute atomic E-state index is 13.0. The SMILES string of the molecule is Cc1ccc(-n2[nH]c(C)c(N=Nc3cccc(-c4cccc(C(=O)OC(C)C)c4)c3O)c2=O)cc1C. The normalized spacial score (nSPS) is 11.4. The van der Waals surface area contributed by atoms with Crippen molar-refractivity contribution in [2.75, 3.05) is 0 Å². The molecule has 8 heteroatoms. The van der Waals surface area contributed by atoms with Gasteiger partial charge in [0.1, 0.15) is 5.69 Å². The Hall–Kier alpha value is -4.46. The monoisotopic (exact) mass is 484 g/mol. The number of hydrogen-bond donors (Lipinski definition) is 2. The number of esters is 1. The molecule has 3 aromatic carbocycles. The zero-order valence-electron chi connectivity index (χ0n) is 20.9. The number of aromatic nitrogens is 2. The van der Waals surface area contributed by atoms with Crippen LogP contribution in [0, 0.1) is 20.8 Å². The standard InChI is InChI=1S/C28H28N4O4/c1-16(2)36-28(35)21-9-6-8-20(15-21)23-10-7-11-24(26(23)33)29-30-25-19(5)31-32(27(25)34)22-13-12-17(3)18(4)14-22/h6-16,31,33H,1-5H3. The number of carbonyl (C=O) groups excluding carboxylic acids is 1. The van der Waals surface area contributed by atoms with Crippen molar-refractivity contribution in [3.63, 3.8) is 0 Å². The number of rotatable bonds is 6. The highest BCUT2D eigenvalue weighted by Gasteiger charge is 2.15. The Morgan fingerprint density at radius 2 is 1.72 bits per heavy atom. The fourth-order valence-corrected chi connectivity index (χ4v) is 3.75. The van der Waals surface area contributed by atoms with E-state index in [1.54, 1.807) is 63.2 Å². The number of nitrogens with one attached hydrogen (secondary N) is 1. The molecule has 0 saturated heterocycles. The highest BCUT2D eigenvalue weighted by molar-refractivity contribution is 5.91. The van der Waals surface area contributed by atoms with Gasteiger partial charge in [0.05, 0.1) is 23.0 Å². The molecule has 0 unspecified atom stereocenters. The smallest absolute Gasteiger partial charge is 0.338 e. The van der Waals surface area contributed by atoms with Crippen LogP contribution in [0.4, 0.5) is 11.4 Å². The second kappa shape index (κ2) is 10.0. The molecule has 8 nitrogen and oxygen atoms in total. The van der Waals surface area contributed by atoms with E-state index in [0.717, 1.165) is 11.1 Å². The van der Waals surface area contributed by atoms with Gasteiger partial charge in [-0.25, -0.2) is 9.48 Å². The second-order valence-corrected chi connectivity index (χ2v) is 8.90. The number of aryl methyl sites for hydroxylation is 3. The lowest BCUT2D eigenvalue weighted by atomic mass is 10.0. The minimum atomic E-state index is -0.440. The van der Waals surface area contributed by atoms with E-state index in [-0.39, 0.29) is 28.8 Å². The first-order valence-corrected chi connectivity index (χ1v) is 11.6. The first kappa shape index (κ1) is 24.7. The summed E-state index contributed by atoms with van der Waals surface area (Å²) in [4.78, 5) is 25.3. The molecule has 0 bridgehead atoms. The Balaban J connectivity index is 1.67. The summed E-state index contributed by atoms with van der Waals surface area (Å²) in [6.45, 7) is 9.30. The Bertz CT molecular complexity index is 1530. The molecule has 4 rings (SSSR count). The van der Waals surface area contributed by atoms with Gasteiger partial charge < -0.3 is 9.84 Å². The lowest BCUT2D eigenvalue weighted by Crippen LogP contribution is -2.14. The summed E-state index contributed by atoms with van der Waals surface area (Å²) in [5, 5.41) is 22.3. The van der Waals surface area contributed by atoms with Crippen LogP contribution in [0.1, 0.15) is 41.0 Å². The fraction of sp³-hybridized carbons (Fsp3) is 0.214. The molecule has 0 aliphatic heterocycles. The summed E-state index contributed by atoms with van der Waals surface area (Å²) >= 11 is 0. The van der Waals surface area contributed by atoms with Crippen molar-refractivity contribution in [1.82, 2.24) is 9.78 Å². The lowest BCUT2D eigenvalue weighted by molar-refractivity contribution is 0.0378. The zero-order valence-corrected chi connectivity index (χ0v) is 20.9. The Morgan fingerprint density at radius 3 is 2.44 bits per heavy atom. The molecule has 0 amide bonds. The number of azo groups is 1. The average Bonchev–Trinajstić information content (AvgIpc) is 3.13. The third-order valence-corrected chi connectivity index (χ3v) is 5.81. The van der Waals surface area contributed by atoms with E-state index in [1.165, 1.54) is 4.68 Å². The van der Waals surface area contributed by atoms with E-state index >= 15 is 0 Å². The Kier molecular flexibility index (Phi) is 6.87. The van der Waals surface area contributed by atoms with Crippen LogP contribution in [0.15, 0.2) is 75.7 Å². The van der Waals surface area contributed by atoms with E-state index in [4.69, 9.17) is 4.74 Å². The van der Waals surface area contributed by atoms with Crippen molar-refractivity contribution >= 4 is 17.3 Å². The molecule has 184 valence electrons. The van der Waals surface area contributed by atoms with Gasteiger partial charge in [0.25, 0.3) is 5.56 Å². The number of hydrogen-bond acceptors (Lipinski definition) is 6. The Morgan fingerprint density at radius 1 is 0.972 bits per heavy atom. The largest absolute Gasteiger partial charge is 0.505 e. The number of aromatic amines is 1. The van der Waals surface area contributed by atoms with Crippen LogP contribution in [-0.4, -0.2) is 27.0 Å².